The largest absolute Gasteiger partial charge is 0.467 e. The number of aryl methyl sites for hydroxylation is 1. The highest BCUT2D eigenvalue weighted by Gasteiger charge is 2.15. The van der Waals surface area contributed by atoms with Gasteiger partial charge >= 0.3 is 0 Å². The van der Waals surface area contributed by atoms with Crippen molar-refractivity contribution in [1.29, 1.82) is 0 Å². The van der Waals surface area contributed by atoms with Crippen molar-refractivity contribution in [3.8, 4) is 0 Å². The summed E-state index contributed by atoms with van der Waals surface area (Å²) in [6.07, 6.45) is 0.960. The molecule has 0 spiro atoms. The van der Waals surface area contributed by atoms with E-state index in [4.69, 9.17) is 9.15 Å². The lowest BCUT2D eigenvalue weighted by Gasteiger charge is -2.26. The summed E-state index contributed by atoms with van der Waals surface area (Å²) in [7, 11) is 0. The van der Waals surface area contributed by atoms with Crippen LogP contribution in [-0.4, -0.2) is 29.3 Å². The van der Waals surface area contributed by atoms with Crippen molar-refractivity contribution in [3.05, 3.63) is 95.2 Å². The van der Waals surface area contributed by atoms with E-state index >= 15 is 0 Å². The highest BCUT2D eigenvalue weighted by molar-refractivity contribution is 5.25. The zero-order valence-electron chi connectivity index (χ0n) is 16.1. The summed E-state index contributed by atoms with van der Waals surface area (Å²) >= 11 is 0. The summed E-state index contributed by atoms with van der Waals surface area (Å²) in [6.45, 7) is 4.38. The maximum atomic E-state index is 13.2. The van der Waals surface area contributed by atoms with Gasteiger partial charge in [-0.15, -0.1) is 0 Å². The lowest BCUT2D eigenvalue weighted by Crippen LogP contribution is -2.34. The van der Waals surface area contributed by atoms with E-state index in [0.29, 0.717) is 26.2 Å². The van der Waals surface area contributed by atoms with E-state index in [-0.39, 0.29) is 12.4 Å². The zero-order chi connectivity index (χ0) is 19.8. The average Bonchev–Trinajstić information content (AvgIpc) is 3.19. The number of rotatable bonds is 10. The van der Waals surface area contributed by atoms with Gasteiger partial charge in [-0.1, -0.05) is 36.4 Å². The Morgan fingerprint density at radius 3 is 2.54 bits per heavy atom. The predicted octanol–water partition coefficient (Wildman–Crippen LogP) is 4.31. The maximum Gasteiger partial charge on any atom is 0.129 e. The molecule has 0 aliphatic rings. The van der Waals surface area contributed by atoms with Gasteiger partial charge in [-0.2, -0.15) is 0 Å². The van der Waals surface area contributed by atoms with Crippen LogP contribution in [0.25, 0.3) is 0 Å². The molecule has 0 saturated carbocycles. The fourth-order valence-corrected chi connectivity index (χ4v) is 3.10. The van der Waals surface area contributed by atoms with E-state index in [2.05, 4.69) is 24.0 Å². The lowest BCUT2D eigenvalue weighted by molar-refractivity contribution is 0.00250. The molecule has 28 heavy (non-hydrogen) atoms. The Balaban J connectivity index is 1.60. The molecule has 3 rings (SSSR count). The number of nitrogens with zero attached hydrogens (tertiary/aromatic N) is 1. The minimum absolute atomic E-state index is 0.217. The van der Waals surface area contributed by atoms with Gasteiger partial charge in [-0.25, -0.2) is 4.39 Å². The summed E-state index contributed by atoms with van der Waals surface area (Å²) in [5.41, 5.74) is 3.40. The number of furan rings is 1. The van der Waals surface area contributed by atoms with Crippen molar-refractivity contribution in [2.24, 2.45) is 0 Å². The molecule has 0 radical (unpaired) electrons. The number of benzene rings is 2. The minimum Gasteiger partial charge on any atom is -0.467 e. The number of aliphatic hydroxyl groups is 1. The van der Waals surface area contributed by atoms with Gasteiger partial charge in [0.05, 0.1) is 19.0 Å². The molecule has 0 fully saturated rings. The molecule has 2 aromatic carbocycles. The monoisotopic (exact) mass is 383 g/mol. The molecule has 0 amide bonds. The van der Waals surface area contributed by atoms with Crippen LogP contribution in [0.1, 0.15) is 22.5 Å². The van der Waals surface area contributed by atoms with E-state index in [1.807, 2.05) is 24.3 Å². The number of hydrogen-bond acceptors (Lipinski definition) is 4. The molecular weight excluding hydrogens is 357 g/mol. The lowest BCUT2D eigenvalue weighted by atomic mass is 10.1. The Morgan fingerprint density at radius 2 is 1.82 bits per heavy atom. The zero-order valence-corrected chi connectivity index (χ0v) is 16.1. The molecule has 1 N–H and O–H groups in total. The van der Waals surface area contributed by atoms with Crippen LogP contribution in [0.15, 0.2) is 71.3 Å². The quantitative estimate of drug-likeness (QED) is 0.567. The molecule has 4 nitrogen and oxygen atoms in total. The van der Waals surface area contributed by atoms with Crippen molar-refractivity contribution in [1.82, 2.24) is 4.90 Å². The highest BCUT2D eigenvalue weighted by atomic mass is 19.1. The van der Waals surface area contributed by atoms with Gasteiger partial charge in [0.1, 0.15) is 18.2 Å². The third kappa shape index (κ3) is 6.30. The third-order valence-electron chi connectivity index (χ3n) is 4.58. The topological polar surface area (TPSA) is 45.8 Å². The van der Waals surface area contributed by atoms with Crippen molar-refractivity contribution < 1.29 is 18.7 Å². The van der Waals surface area contributed by atoms with Crippen LogP contribution in [-0.2, 0) is 24.4 Å². The fraction of sp³-hybridized carbons (Fsp3) is 0.304. The van der Waals surface area contributed by atoms with Gasteiger partial charge in [0, 0.05) is 19.6 Å². The third-order valence-corrected chi connectivity index (χ3v) is 4.58. The van der Waals surface area contributed by atoms with Crippen LogP contribution in [0.2, 0.25) is 0 Å². The van der Waals surface area contributed by atoms with E-state index in [1.54, 1.807) is 18.4 Å². The van der Waals surface area contributed by atoms with Crippen LogP contribution >= 0.6 is 0 Å². The van der Waals surface area contributed by atoms with E-state index < -0.39 is 6.10 Å². The molecule has 3 aromatic rings. The van der Waals surface area contributed by atoms with Gasteiger partial charge in [0.2, 0.25) is 0 Å². The number of hydrogen-bond donors (Lipinski definition) is 1. The molecule has 5 heteroatoms. The standard InChI is InChI=1S/C23H26FNO3/c1-18-5-2-3-6-20(18)14-25(13-19-8-10-21(24)11-9-19)15-22(26)16-27-17-23-7-4-12-28-23/h2-12,22,26H,13-17H2,1H3/t22-/m1/s1. The molecule has 148 valence electrons. The Hall–Kier alpha value is -2.47. The minimum atomic E-state index is -0.639. The molecule has 0 saturated heterocycles. The maximum absolute atomic E-state index is 13.2. The van der Waals surface area contributed by atoms with Gasteiger partial charge in [0.15, 0.2) is 0 Å². The first-order valence-corrected chi connectivity index (χ1v) is 9.39. The van der Waals surface area contributed by atoms with Crippen LogP contribution in [0.4, 0.5) is 4.39 Å². The van der Waals surface area contributed by atoms with Crippen molar-refractivity contribution in [2.75, 3.05) is 13.2 Å². The molecular formula is C23H26FNO3. The van der Waals surface area contributed by atoms with Crippen molar-refractivity contribution >= 4 is 0 Å². The summed E-state index contributed by atoms with van der Waals surface area (Å²) in [5.74, 6) is 0.482. The molecule has 0 unspecified atom stereocenters. The Bertz CT molecular complexity index is 833. The molecule has 1 aromatic heterocycles. The van der Waals surface area contributed by atoms with Gasteiger partial charge in [0.25, 0.3) is 0 Å². The summed E-state index contributed by atoms with van der Waals surface area (Å²) < 4.78 is 24.0. The van der Waals surface area contributed by atoms with Crippen LogP contribution < -0.4 is 0 Å². The molecule has 0 aliphatic carbocycles. The van der Waals surface area contributed by atoms with Crippen molar-refractivity contribution in [3.63, 3.8) is 0 Å². The number of ether oxygens (including phenoxy) is 1. The Morgan fingerprint density at radius 1 is 1.04 bits per heavy atom. The number of halogens is 1. The Kier molecular flexibility index (Phi) is 7.37. The van der Waals surface area contributed by atoms with E-state index in [1.165, 1.54) is 23.3 Å². The van der Waals surface area contributed by atoms with Crippen LogP contribution in [0.5, 0.6) is 0 Å². The fourth-order valence-electron chi connectivity index (χ4n) is 3.10. The first-order chi connectivity index (χ1) is 13.6. The Labute approximate surface area is 165 Å². The summed E-state index contributed by atoms with van der Waals surface area (Å²) in [6, 6.07) is 18.3. The second kappa shape index (κ2) is 10.2. The molecule has 1 heterocycles. The second-order valence-corrected chi connectivity index (χ2v) is 6.97. The molecule has 0 aliphatic heterocycles. The molecule has 0 bridgehead atoms. The first kappa shape index (κ1) is 20.3. The summed E-state index contributed by atoms with van der Waals surface area (Å²) in [4.78, 5) is 2.15. The second-order valence-electron chi connectivity index (χ2n) is 6.97. The number of aliphatic hydroxyl groups excluding tert-OH is 1. The smallest absolute Gasteiger partial charge is 0.129 e. The van der Waals surface area contributed by atoms with Gasteiger partial charge < -0.3 is 14.3 Å². The first-order valence-electron chi connectivity index (χ1n) is 9.39. The SMILES string of the molecule is Cc1ccccc1CN(Cc1ccc(F)cc1)C[C@@H](O)COCc1ccco1. The van der Waals surface area contributed by atoms with Crippen LogP contribution in [0.3, 0.4) is 0 Å². The van der Waals surface area contributed by atoms with Crippen molar-refractivity contribution in [2.45, 2.75) is 32.7 Å². The average molecular weight is 383 g/mol. The molecule has 1 atom stereocenters. The predicted molar refractivity (Wildman–Crippen MR) is 106 cm³/mol. The summed E-state index contributed by atoms with van der Waals surface area (Å²) in [5, 5.41) is 10.5. The highest BCUT2D eigenvalue weighted by Crippen LogP contribution is 2.15. The van der Waals surface area contributed by atoms with Gasteiger partial charge in [-0.3, -0.25) is 4.90 Å². The normalized spacial score (nSPS) is 12.4. The van der Waals surface area contributed by atoms with Crippen LogP contribution in [0, 0.1) is 12.7 Å². The van der Waals surface area contributed by atoms with E-state index in [9.17, 15) is 9.50 Å². The van der Waals surface area contributed by atoms with Gasteiger partial charge in [-0.05, 0) is 47.9 Å². The van der Waals surface area contributed by atoms with E-state index in [0.717, 1.165) is 11.3 Å².